The molecule has 0 aromatic heterocycles. The van der Waals surface area contributed by atoms with Gasteiger partial charge in [-0.2, -0.15) is 0 Å². The second kappa shape index (κ2) is 14.2. The fraction of sp³-hybridized carbons (Fsp3) is 0.867. The average Bonchev–Trinajstić information content (AvgIpc) is 2.56. The van der Waals surface area contributed by atoms with E-state index < -0.39 is 32.5 Å². The fourth-order valence-corrected chi connectivity index (χ4v) is 2.49. The van der Waals surface area contributed by atoms with Gasteiger partial charge in [0.2, 0.25) is 0 Å². The van der Waals surface area contributed by atoms with Crippen LogP contribution in [0.1, 0.15) is 52.4 Å². The van der Waals surface area contributed by atoms with Crippen LogP contribution in [-0.2, 0) is 32.7 Å². The molecule has 10 heteroatoms. The lowest BCUT2D eigenvalue weighted by Crippen LogP contribution is -2.29. The van der Waals surface area contributed by atoms with Crippen molar-refractivity contribution in [3.05, 3.63) is 0 Å². The molecule has 0 heterocycles. The van der Waals surface area contributed by atoms with Crippen LogP contribution in [0.15, 0.2) is 0 Å². The zero-order chi connectivity index (χ0) is 19.1. The first-order chi connectivity index (χ1) is 11.8. The molecule has 0 aliphatic carbocycles. The predicted molar refractivity (Wildman–Crippen MR) is 90.7 cm³/mol. The van der Waals surface area contributed by atoms with Crippen molar-refractivity contribution in [2.75, 3.05) is 26.4 Å². The molecule has 25 heavy (non-hydrogen) atoms. The van der Waals surface area contributed by atoms with Crippen LogP contribution in [-0.4, -0.2) is 49.3 Å². The van der Waals surface area contributed by atoms with Crippen LogP contribution >= 0.6 is 7.82 Å². The highest BCUT2D eigenvalue weighted by Crippen LogP contribution is 2.43. The molecule has 0 saturated heterocycles. The quantitative estimate of drug-likeness (QED) is 0.247. The van der Waals surface area contributed by atoms with Gasteiger partial charge in [0.1, 0.15) is 6.61 Å². The minimum Gasteiger partial charge on any atom is -0.462 e. The summed E-state index contributed by atoms with van der Waals surface area (Å²) in [5.41, 5.74) is 5.19. The molecule has 0 bridgehead atoms. The van der Waals surface area contributed by atoms with Crippen molar-refractivity contribution in [3.8, 4) is 0 Å². The van der Waals surface area contributed by atoms with Crippen molar-refractivity contribution in [3.63, 3.8) is 0 Å². The number of carbonyl (C=O) groups excluding carboxylic acids is 2. The molecule has 0 rings (SSSR count). The van der Waals surface area contributed by atoms with Crippen LogP contribution in [0, 0.1) is 0 Å². The number of ether oxygens (including phenoxy) is 2. The third-order valence-corrected chi connectivity index (χ3v) is 3.95. The first-order valence-corrected chi connectivity index (χ1v) is 10.0. The number of phosphoric acid groups is 1. The van der Waals surface area contributed by atoms with Gasteiger partial charge in [-0.15, -0.1) is 0 Å². The van der Waals surface area contributed by atoms with Crippen LogP contribution in [0.4, 0.5) is 0 Å². The minimum atomic E-state index is -4.30. The molecule has 0 aromatic rings. The number of esters is 2. The van der Waals surface area contributed by atoms with Crippen LogP contribution < -0.4 is 5.73 Å². The number of hydrogen-bond acceptors (Lipinski definition) is 8. The van der Waals surface area contributed by atoms with Gasteiger partial charge in [-0.05, 0) is 12.8 Å². The number of unbranched alkanes of at least 4 members (excludes halogenated alkanes) is 2. The highest BCUT2D eigenvalue weighted by molar-refractivity contribution is 7.47. The molecule has 0 spiro atoms. The monoisotopic (exact) mass is 383 g/mol. The molecule has 3 N–H and O–H groups in total. The molecule has 0 fully saturated rings. The summed E-state index contributed by atoms with van der Waals surface area (Å²) in [5, 5.41) is 0. The summed E-state index contributed by atoms with van der Waals surface area (Å²) < 4.78 is 31.2. The van der Waals surface area contributed by atoms with Crippen molar-refractivity contribution >= 4 is 19.8 Å². The summed E-state index contributed by atoms with van der Waals surface area (Å²) in [7, 11) is -4.30. The van der Waals surface area contributed by atoms with Gasteiger partial charge in [-0.1, -0.05) is 26.7 Å². The normalized spacial score (nSPS) is 14.6. The van der Waals surface area contributed by atoms with Crippen molar-refractivity contribution < 1.29 is 37.6 Å². The van der Waals surface area contributed by atoms with Gasteiger partial charge in [0.25, 0.3) is 0 Å². The van der Waals surface area contributed by atoms with Crippen molar-refractivity contribution in [1.29, 1.82) is 0 Å². The molecule has 0 saturated carbocycles. The highest BCUT2D eigenvalue weighted by atomic mass is 31.2. The summed E-state index contributed by atoms with van der Waals surface area (Å²) >= 11 is 0. The van der Waals surface area contributed by atoms with E-state index in [1.54, 1.807) is 0 Å². The van der Waals surface area contributed by atoms with Gasteiger partial charge in [0, 0.05) is 19.4 Å². The Kier molecular flexibility index (Phi) is 13.6. The second-order valence-corrected chi connectivity index (χ2v) is 6.84. The van der Waals surface area contributed by atoms with E-state index >= 15 is 0 Å². The van der Waals surface area contributed by atoms with Crippen LogP contribution in [0.5, 0.6) is 0 Å². The standard InChI is InChI=1S/C15H30NO8P/c1-3-5-6-8-15(18)24-13(11-21-14(17)7-4-2)12-23-25(19,20)22-10-9-16/h13H,3-12,16H2,1-2H3,(H,19,20). The van der Waals surface area contributed by atoms with Crippen molar-refractivity contribution in [2.24, 2.45) is 5.73 Å². The Labute approximate surface area is 148 Å². The maximum Gasteiger partial charge on any atom is 0.472 e. The Morgan fingerprint density at radius 3 is 2.36 bits per heavy atom. The van der Waals surface area contributed by atoms with Crippen LogP contribution in [0.25, 0.3) is 0 Å². The van der Waals surface area contributed by atoms with E-state index in [9.17, 15) is 19.0 Å². The summed E-state index contributed by atoms with van der Waals surface area (Å²) in [5.74, 6) is -0.926. The lowest BCUT2D eigenvalue weighted by Gasteiger charge is -2.19. The Hall–Kier alpha value is -0.990. The van der Waals surface area contributed by atoms with Crippen molar-refractivity contribution in [2.45, 2.75) is 58.5 Å². The number of carbonyl (C=O) groups is 2. The van der Waals surface area contributed by atoms with E-state index in [0.29, 0.717) is 12.8 Å². The van der Waals surface area contributed by atoms with Gasteiger partial charge < -0.3 is 20.1 Å². The van der Waals surface area contributed by atoms with E-state index in [1.165, 1.54) is 0 Å². The number of hydrogen-bond donors (Lipinski definition) is 2. The first kappa shape index (κ1) is 24.0. The third kappa shape index (κ3) is 13.9. The SMILES string of the molecule is CCCCCC(=O)OC(COC(=O)CCC)COP(=O)(O)OCCN. The van der Waals surface area contributed by atoms with Gasteiger partial charge in [0.15, 0.2) is 6.10 Å². The Morgan fingerprint density at radius 1 is 1.04 bits per heavy atom. The molecule has 148 valence electrons. The maximum atomic E-state index is 11.8. The van der Waals surface area contributed by atoms with E-state index in [-0.39, 0.29) is 32.6 Å². The van der Waals surface area contributed by atoms with Gasteiger partial charge in [0.05, 0.1) is 13.2 Å². The molecule has 9 nitrogen and oxygen atoms in total. The molecule has 0 aliphatic heterocycles. The smallest absolute Gasteiger partial charge is 0.462 e. The highest BCUT2D eigenvalue weighted by Gasteiger charge is 2.25. The fourth-order valence-electron chi connectivity index (χ4n) is 1.73. The Balaban J connectivity index is 4.52. The van der Waals surface area contributed by atoms with E-state index in [0.717, 1.165) is 12.8 Å². The van der Waals surface area contributed by atoms with E-state index in [4.69, 9.17) is 19.7 Å². The largest absolute Gasteiger partial charge is 0.472 e. The average molecular weight is 383 g/mol. The molecular formula is C15H30NO8P. The van der Waals surface area contributed by atoms with Gasteiger partial charge in [-0.25, -0.2) is 4.57 Å². The summed E-state index contributed by atoms with van der Waals surface area (Å²) in [6.07, 6.45) is 2.61. The molecular weight excluding hydrogens is 353 g/mol. The zero-order valence-electron chi connectivity index (χ0n) is 15.0. The predicted octanol–water partition coefficient (Wildman–Crippen LogP) is 1.91. The molecule has 0 aliphatic rings. The van der Waals surface area contributed by atoms with Crippen LogP contribution in [0.2, 0.25) is 0 Å². The van der Waals surface area contributed by atoms with Gasteiger partial charge >= 0.3 is 19.8 Å². The van der Waals surface area contributed by atoms with Gasteiger partial charge in [-0.3, -0.25) is 18.6 Å². The molecule has 0 amide bonds. The molecule has 2 atom stereocenters. The zero-order valence-corrected chi connectivity index (χ0v) is 15.9. The number of rotatable bonds is 15. The third-order valence-electron chi connectivity index (χ3n) is 2.96. The summed E-state index contributed by atoms with van der Waals surface area (Å²) in [6.45, 7) is 3.05. The lowest BCUT2D eigenvalue weighted by molar-refractivity contribution is -0.161. The molecule has 0 aromatic carbocycles. The minimum absolute atomic E-state index is 0.0540. The van der Waals surface area contributed by atoms with E-state index in [2.05, 4.69) is 4.52 Å². The first-order valence-electron chi connectivity index (χ1n) is 8.51. The van der Waals surface area contributed by atoms with E-state index in [1.807, 2.05) is 13.8 Å². The Bertz CT molecular complexity index is 432. The molecule has 0 radical (unpaired) electrons. The molecule has 2 unspecified atom stereocenters. The maximum absolute atomic E-state index is 11.8. The summed E-state index contributed by atoms with van der Waals surface area (Å²) in [4.78, 5) is 32.7. The lowest BCUT2D eigenvalue weighted by atomic mass is 10.2. The van der Waals surface area contributed by atoms with Crippen LogP contribution in [0.3, 0.4) is 0 Å². The topological polar surface area (TPSA) is 134 Å². The summed E-state index contributed by atoms with van der Waals surface area (Å²) in [6, 6.07) is 0. The Morgan fingerprint density at radius 2 is 1.76 bits per heavy atom. The van der Waals surface area contributed by atoms with Crippen molar-refractivity contribution in [1.82, 2.24) is 0 Å². The number of nitrogens with two attached hydrogens (primary N) is 1. The number of phosphoric ester groups is 1. The second-order valence-electron chi connectivity index (χ2n) is 5.39.